The van der Waals surface area contributed by atoms with Gasteiger partial charge < -0.3 is 0 Å². The van der Waals surface area contributed by atoms with Gasteiger partial charge in [0.05, 0.1) is 0 Å². The second-order valence-electron chi connectivity index (χ2n) is 11.1. The predicted molar refractivity (Wildman–Crippen MR) is 184 cm³/mol. The molecule has 0 saturated carbocycles. The van der Waals surface area contributed by atoms with Crippen molar-refractivity contribution in [3.63, 3.8) is 0 Å². The Balaban J connectivity index is 1.19. The van der Waals surface area contributed by atoms with Crippen LogP contribution in [-0.2, 0) is 0 Å². The molecule has 0 radical (unpaired) electrons. The number of benzene rings is 7. The van der Waals surface area contributed by atoms with Gasteiger partial charge in [-0.1, -0.05) is 151 Å². The van der Waals surface area contributed by atoms with Gasteiger partial charge >= 0.3 is 0 Å². The zero-order chi connectivity index (χ0) is 29.0. The second-order valence-corrected chi connectivity index (χ2v) is 11.1. The third-order valence-electron chi connectivity index (χ3n) is 8.10. The Hall–Kier alpha value is -5.46. The lowest BCUT2D eigenvalue weighted by Gasteiger charge is -2.11. The second kappa shape index (κ2) is 11.8. The number of hydrogen-bond acceptors (Lipinski definition) is 0. The molecule has 0 amide bonds. The van der Waals surface area contributed by atoms with E-state index in [2.05, 4.69) is 183 Å². The van der Waals surface area contributed by atoms with E-state index in [1.54, 1.807) is 0 Å². The van der Waals surface area contributed by atoms with Gasteiger partial charge in [0, 0.05) is 0 Å². The van der Waals surface area contributed by atoms with Crippen LogP contribution in [-0.4, -0.2) is 0 Å². The Bertz CT molecular complexity index is 2030. The maximum Gasteiger partial charge on any atom is -0.0178 e. The molecular weight excluding hydrogens is 516 g/mol. The molecule has 0 aliphatic rings. The molecule has 0 fully saturated rings. The molecule has 0 unspecified atom stereocenters. The fourth-order valence-electron chi connectivity index (χ4n) is 5.85. The van der Waals surface area contributed by atoms with Crippen molar-refractivity contribution in [3.05, 3.63) is 181 Å². The summed E-state index contributed by atoms with van der Waals surface area (Å²) < 4.78 is 0. The van der Waals surface area contributed by atoms with Crippen molar-refractivity contribution >= 4 is 0 Å². The van der Waals surface area contributed by atoms with Crippen LogP contribution < -0.4 is 0 Å². The van der Waals surface area contributed by atoms with Crippen molar-refractivity contribution < 1.29 is 0 Å². The van der Waals surface area contributed by atoms with Crippen LogP contribution in [0.1, 0.15) is 5.56 Å². The van der Waals surface area contributed by atoms with E-state index in [9.17, 15) is 0 Å². The minimum absolute atomic E-state index is 1.21. The van der Waals surface area contributed by atoms with Crippen molar-refractivity contribution in [2.75, 3.05) is 0 Å². The smallest absolute Gasteiger partial charge is 0.0178 e. The Morgan fingerprint density at radius 1 is 0.209 bits per heavy atom. The standard InChI is InChI=1S/C43H32/c1-31-11-5-14-33(25-31)35-16-7-18-37(27-35)39-20-9-22-41(29-39)43-24-10-23-42(30-43)40-21-8-19-38(28-40)36-17-6-15-34(26-36)32-12-3-2-4-13-32/h2-30H,1H3. The highest BCUT2D eigenvalue weighted by Gasteiger charge is 2.08. The van der Waals surface area contributed by atoms with E-state index in [4.69, 9.17) is 0 Å². The lowest BCUT2D eigenvalue weighted by molar-refractivity contribution is 1.47. The molecule has 7 rings (SSSR count). The highest BCUT2D eigenvalue weighted by atomic mass is 14.1. The number of hydrogen-bond donors (Lipinski definition) is 0. The summed E-state index contributed by atoms with van der Waals surface area (Å²) >= 11 is 0. The first kappa shape index (κ1) is 26.4. The molecule has 0 N–H and O–H groups in total. The fraction of sp³-hybridized carbons (Fsp3) is 0.0233. The molecule has 7 aromatic rings. The zero-order valence-corrected chi connectivity index (χ0v) is 24.2. The van der Waals surface area contributed by atoms with Crippen LogP contribution in [0.25, 0.3) is 66.8 Å². The average molecular weight is 549 g/mol. The van der Waals surface area contributed by atoms with E-state index >= 15 is 0 Å². The molecule has 0 spiro atoms. The molecule has 0 aromatic heterocycles. The summed E-state index contributed by atoms with van der Waals surface area (Å²) in [6, 6.07) is 63.6. The van der Waals surface area contributed by atoms with Gasteiger partial charge in [0.15, 0.2) is 0 Å². The quantitative estimate of drug-likeness (QED) is 0.194. The monoisotopic (exact) mass is 548 g/mol. The lowest BCUT2D eigenvalue weighted by atomic mass is 9.93. The van der Waals surface area contributed by atoms with Crippen molar-refractivity contribution in [1.82, 2.24) is 0 Å². The largest absolute Gasteiger partial charge is 0.0622 e. The van der Waals surface area contributed by atoms with E-state index in [1.807, 2.05) is 0 Å². The Kier molecular flexibility index (Phi) is 7.26. The summed E-state index contributed by atoms with van der Waals surface area (Å²) in [5.41, 5.74) is 16.0. The maximum absolute atomic E-state index is 2.31. The first-order chi connectivity index (χ1) is 21.2. The van der Waals surface area contributed by atoms with Crippen molar-refractivity contribution in [1.29, 1.82) is 0 Å². The van der Waals surface area contributed by atoms with E-state index < -0.39 is 0 Å². The van der Waals surface area contributed by atoms with Crippen molar-refractivity contribution in [3.8, 4) is 66.8 Å². The van der Waals surface area contributed by atoms with Gasteiger partial charge in [-0.15, -0.1) is 0 Å². The third kappa shape index (κ3) is 5.82. The van der Waals surface area contributed by atoms with Gasteiger partial charge in [0.25, 0.3) is 0 Å². The van der Waals surface area contributed by atoms with Crippen LogP contribution in [0.2, 0.25) is 0 Å². The van der Waals surface area contributed by atoms with Crippen LogP contribution in [0.3, 0.4) is 0 Å². The van der Waals surface area contributed by atoms with Gasteiger partial charge in [-0.2, -0.15) is 0 Å². The summed E-state index contributed by atoms with van der Waals surface area (Å²) in [6.07, 6.45) is 0. The molecule has 0 atom stereocenters. The highest BCUT2D eigenvalue weighted by molar-refractivity contribution is 5.81. The van der Waals surface area contributed by atoms with Gasteiger partial charge in [-0.25, -0.2) is 0 Å². The molecule has 0 nitrogen and oxygen atoms in total. The van der Waals surface area contributed by atoms with Crippen molar-refractivity contribution in [2.45, 2.75) is 6.92 Å². The average Bonchev–Trinajstić information content (AvgIpc) is 3.09. The van der Waals surface area contributed by atoms with Crippen LogP contribution in [0, 0.1) is 6.92 Å². The molecular formula is C43H32. The van der Waals surface area contributed by atoms with Crippen LogP contribution in [0.4, 0.5) is 0 Å². The summed E-state index contributed by atoms with van der Waals surface area (Å²) in [5.74, 6) is 0. The first-order valence-electron chi connectivity index (χ1n) is 14.8. The summed E-state index contributed by atoms with van der Waals surface area (Å²) in [7, 11) is 0. The Labute approximate surface area is 254 Å². The van der Waals surface area contributed by atoms with E-state index in [1.165, 1.54) is 72.3 Å². The molecule has 43 heavy (non-hydrogen) atoms. The molecule has 0 saturated heterocycles. The molecule has 0 heterocycles. The highest BCUT2D eigenvalue weighted by Crippen LogP contribution is 2.33. The molecule has 0 aliphatic carbocycles. The van der Waals surface area contributed by atoms with Gasteiger partial charge in [0.1, 0.15) is 0 Å². The topological polar surface area (TPSA) is 0 Å². The maximum atomic E-state index is 2.31. The first-order valence-corrected chi connectivity index (χ1v) is 14.8. The summed E-state index contributed by atoms with van der Waals surface area (Å²) in [5, 5.41) is 0. The SMILES string of the molecule is Cc1cccc(-c2cccc(-c3cccc(-c4cccc(-c5cccc(-c6cccc(-c7ccccc7)c6)c5)c4)c3)c2)c1. The van der Waals surface area contributed by atoms with E-state index in [-0.39, 0.29) is 0 Å². The lowest BCUT2D eigenvalue weighted by Crippen LogP contribution is -1.86. The Morgan fingerprint density at radius 3 is 0.744 bits per heavy atom. The normalized spacial score (nSPS) is 10.9. The minimum Gasteiger partial charge on any atom is -0.0622 e. The molecule has 204 valence electrons. The van der Waals surface area contributed by atoms with E-state index in [0.717, 1.165) is 0 Å². The van der Waals surface area contributed by atoms with Crippen LogP contribution in [0.5, 0.6) is 0 Å². The van der Waals surface area contributed by atoms with E-state index in [0.29, 0.717) is 0 Å². The molecule has 0 bridgehead atoms. The van der Waals surface area contributed by atoms with Gasteiger partial charge in [0.2, 0.25) is 0 Å². The fourth-order valence-corrected chi connectivity index (χ4v) is 5.85. The molecule has 7 aromatic carbocycles. The number of rotatable bonds is 6. The summed E-state index contributed by atoms with van der Waals surface area (Å²) in [6.45, 7) is 2.14. The van der Waals surface area contributed by atoms with Crippen molar-refractivity contribution in [2.24, 2.45) is 0 Å². The Morgan fingerprint density at radius 2 is 0.442 bits per heavy atom. The zero-order valence-electron chi connectivity index (χ0n) is 24.2. The third-order valence-corrected chi connectivity index (χ3v) is 8.10. The van der Waals surface area contributed by atoms with Crippen LogP contribution in [0.15, 0.2) is 176 Å². The number of aryl methyl sites for hydroxylation is 1. The summed E-state index contributed by atoms with van der Waals surface area (Å²) in [4.78, 5) is 0. The molecule has 0 heteroatoms. The van der Waals surface area contributed by atoms with Crippen LogP contribution >= 0.6 is 0 Å². The van der Waals surface area contributed by atoms with Gasteiger partial charge in [-0.05, 0) is 104 Å². The molecule has 0 aliphatic heterocycles. The van der Waals surface area contributed by atoms with Gasteiger partial charge in [-0.3, -0.25) is 0 Å². The predicted octanol–water partition coefficient (Wildman–Crippen LogP) is 12.0. The minimum atomic E-state index is 1.21.